The molecule has 4 nitrogen and oxygen atoms in total. The third-order valence-electron chi connectivity index (χ3n) is 1.98. The zero-order chi connectivity index (χ0) is 8.27. The molecule has 3 atom stereocenters. The molecule has 11 heavy (non-hydrogen) atoms. The molecule has 0 aromatic rings. The summed E-state index contributed by atoms with van der Waals surface area (Å²) in [5, 5.41) is 18.2. The van der Waals surface area contributed by atoms with Gasteiger partial charge < -0.3 is 19.7 Å². The maximum atomic E-state index is 9.42. The van der Waals surface area contributed by atoms with E-state index in [-0.39, 0.29) is 12.7 Å². The fourth-order valence-corrected chi connectivity index (χ4v) is 1.26. The van der Waals surface area contributed by atoms with Crippen LogP contribution in [0.5, 0.6) is 0 Å². The second-order valence-corrected chi connectivity index (χ2v) is 2.65. The lowest BCUT2D eigenvalue weighted by Crippen LogP contribution is -2.47. The van der Waals surface area contributed by atoms with Gasteiger partial charge in [-0.15, -0.1) is 0 Å². The molecule has 1 aliphatic rings. The van der Waals surface area contributed by atoms with Crippen LogP contribution in [0, 0.1) is 0 Å². The van der Waals surface area contributed by atoms with Crippen molar-refractivity contribution in [2.24, 2.45) is 0 Å². The van der Waals surface area contributed by atoms with E-state index in [1.54, 1.807) is 7.11 Å². The van der Waals surface area contributed by atoms with E-state index in [0.29, 0.717) is 13.0 Å². The second kappa shape index (κ2) is 4.01. The molecule has 0 bridgehead atoms. The Kier molecular flexibility index (Phi) is 3.26. The first-order chi connectivity index (χ1) is 5.29. The zero-order valence-electron chi connectivity index (χ0n) is 6.56. The Morgan fingerprint density at radius 1 is 1.64 bits per heavy atom. The molecule has 0 amide bonds. The second-order valence-electron chi connectivity index (χ2n) is 2.65. The summed E-state index contributed by atoms with van der Waals surface area (Å²) >= 11 is 0. The molecule has 1 heterocycles. The summed E-state index contributed by atoms with van der Waals surface area (Å²) in [4.78, 5) is 0. The molecule has 4 heteroatoms. The van der Waals surface area contributed by atoms with E-state index in [2.05, 4.69) is 0 Å². The van der Waals surface area contributed by atoms with Crippen molar-refractivity contribution in [3.05, 3.63) is 0 Å². The van der Waals surface area contributed by atoms with E-state index >= 15 is 0 Å². The fourth-order valence-electron chi connectivity index (χ4n) is 1.26. The lowest BCUT2D eigenvalue weighted by atomic mass is 10.0. The van der Waals surface area contributed by atoms with Crippen molar-refractivity contribution in [2.45, 2.75) is 24.7 Å². The van der Waals surface area contributed by atoms with E-state index in [4.69, 9.17) is 14.6 Å². The average molecular weight is 162 g/mol. The fraction of sp³-hybridized carbons (Fsp3) is 1.00. The number of methoxy groups -OCH3 is 1. The van der Waals surface area contributed by atoms with Crippen molar-refractivity contribution < 1.29 is 19.7 Å². The topological polar surface area (TPSA) is 58.9 Å². The minimum atomic E-state index is -0.696. The minimum absolute atomic E-state index is 0.152. The molecule has 3 unspecified atom stereocenters. The Morgan fingerprint density at radius 3 is 2.91 bits per heavy atom. The highest BCUT2D eigenvalue weighted by molar-refractivity contribution is 4.81. The maximum Gasteiger partial charge on any atom is 0.109 e. The third-order valence-corrected chi connectivity index (χ3v) is 1.98. The molecule has 0 aromatic heterocycles. The molecule has 0 aromatic carbocycles. The van der Waals surface area contributed by atoms with E-state index in [1.807, 2.05) is 0 Å². The van der Waals surface area contributed by atoms with Gasteiger partial charge in [0.15, 0.2) is 0 Å². The molecule has 1 aliphatic heterocycles. The van der Waals surface area contributed by atoms with Crippen molar-refractivity contribution in [2.75, 3.05) is 20.3 Å². The van der Waals surface area contributed by atoms with Crippen LogP contribution >= 0.6 is 0 Å². The Bertz CT molecular complexity index is 105. The van der Waals surface area contributed by atoms with Crippen LogP contribution in [0.25, 0.3) is 0 Å². The highest BCUT2D eigenvalue weighted by Crippen LogP contribution is 2.16. The predicted molar refractivity (Wildman–Crippen MR) is 38.2 cm³/mol. The highest BCUT2D eigenvalue weighted by atomic mass is 16.5. The Balaban J connectivity index is 2.45. The molecule has 1 saturated heterocycles. The van der Waals surface area contributed by atoms with E-state index in [1.165, 1.54) is 0 Å². The molecule has 1 fully saturated rings. The van der Waals surface area contributed by atoms with Crippen molar-refractivity contribution >= 4 is 0 Å². The molecule has 0 saturated carbocycles. The third kappa shape index (κ3) is 1.90. The van der Waals surface area contributed by atoms with Crippen molar-refractivity contribution in [1.29, 1.82) is 0 Å². The van der Waals surface area contributed by atoms with Crippen molar-refractivity contribution in [1.82, 2.24) is 0 Å². The van der Waals surface area contributed by atoms with E-state index in [0.717, 1.165) is 0 Å². The number of aliphatic hydroxyl groups excluding tert-OH is 2. The van der Waals surface area contributed by atoms with Gasteiger partial charge in [-0.3, -0.25) is 0 Å². The monoisotopic (exact) mass is 162 g/mol. The van der Waals surface area contributed by atoms with Crippen LogP contribution < -0.4 is 0 Å². The van der Waals surface area contributed by atoms with Gasteiger partial charge in [0.25, 0.3) is 0 Å². The standard InChI is InChI=1S/C7H14O4/c1-10-5-2-3-11-6(4-8)7(5)9/h5-9H,2-4H2,1H3. The van der Waals surface area contributed by atoms with Gasteiger partial charge >= 0.3 is 0 Å². The van der Waals surface area contributed by atoms with Crippen LogP contribution in [0.2, 0.25) is 0 Å². The lowest BCUT2D eigenvalue weighted by Gasteiger charge is -2.32. The molecule has 1 rings (SSSR count). The number of rotatable bonds is 2. The van der Waals surface area contributed by atoms with Gasteiger partial charge in [0, 0.05) is 13.7 Å². The summed E-state index contributed by atoms with van der Waals surface area (Å²) in [6.45, 7) is 0.391. The molecule has 66 valence electrons. The molecule has 0 aliphatic carbocycles. The summed E-state index contributed by atoms with van der Waals surface area (Å²) in [7, 11) is 1.55. The predicted octanol–water partition coefficient (Wildman–Crippen LogP) is -0.857. The van der Waals surface area contributed by atoms with Gasteiger partial charge in [0.05, 0.1) is 12.7 Å². The lowest BCUT2D eigenvalue weighted by molar-refractivity contribution is -0.156. The first-order valence-electron chi connectivity index (χ1n) is 3.73. The molecule has 0 radical (unpaired) electrons. The van der Waals surface area contributed by atoms with Gasteiger partial charge in [-0.05, 0) is 6.42 Å². The Hall–Kier alpha value is -0.160. The van der Waals surface area contributed by atoms with Gasteiger partial charge in [0.2, 0.25) is 0 Å². The Morgan fingerprint density at radius 2 is 2.36 bits per heavy atom. The summed E-state index contributed by atoms with van der Waals surface area (Å²) in [6, 6.07) is 0. The van der Waals surface area contributed by atoms with Crippen LogP contribution in [-0.4, -0.2) is 48.8 Å². The first kappa shape index (κ1) is 8.93. The Labute approximate surface area is 65.7 Å². The minimum Gasteiger partial charge on any atom is -0.394 e. The van der Waals surface area contributed by atoms with Crippen molar-refractivity contribution in [3.63, 3.8) is 0 Å². The normalized spacial score (nSPS) is 39.0. The summed E-state index contributed by atoms with van der Waals surface area (Å²) in [6.07, 6.45) is -0.679. The SMILES string of the molecule is COC1CCOC(CO)C1O. The van der Waals surface area contributed by atoms with E-state index in [9.17, 15) is 5.11 Å². The van der Waals surface area contributed by atoms with Gasteiger partial charge in [-0.1, -0.05) is 0 Å². The summed E-state index contributed by atoms with van der Waals surface area (Å²) < 4.78 is 10.1. The summed E-state index contributed by atoms with van der Waals surface area (Å²) in [5.74, 6) is 0. The largest absolute Gasteiger partial charge is 0.394 e. The van der Waals surface area contributed by atoms with Crippen LogP contribution in [-0.2, 0) is 9.47 Å². The van der Waals surface area contributed by atoms with Gasteiger partial charge in [-0.2, -0.15) is 0 Å². The molecular weight excluding hydrogens is 148 g/mol. The number of hydrogen-bond acceptors (Lipinski definition) is 4. The van der Waals surface area contributed by atoms with Crippen molar-refractivity contribution in [3.8, 4) is 0 Å². The van der Waals surface area contributed by atoms with Crippen LogP contribution in [0.4, 0.5) is 0 Å². The zero-order valence-corrected chi connectivity index (χ0v) is 6.56. The van der Waals surface area contributed by atoms with E-state index < -0.39 is 12.2 Å². The number of aliphatic hydroxyl groups is 2. The molecule has 2 N–H and O–H groups in total. The van der Waals surface area contributed by atoms with Gasteiger partial charge in [0.1, 0.15) is 12.2 Å². The van der Waals surface area contributed by atoms with Crippen LogP contribution in [0.3, 0.4) is 0 Å². The maximum absolute atomic E-state index is 9.42. The average Bonchev–Trinajstić information content (AvgIpc) is 2.05. The van der Waals surface area contributed by atoms with Gasteiger partial charge in [-0.25, -0.2) is 0 Å². The van der Waals surface area contributed by atoms with Crippen LogP contribution in [0.15, 0.2) is 0 Å². The first-order valence-corrected chi connectivity index (χ1v) is 3.73. The number of ether oxygens (including phenoxy) is 2. The highest BCUT2D eigenvalue weighted by Gasteiger charge is 2.31. The molecule has 0 spiro atoms. The summed E-state index contributed by atoms with van der Waals surface area (Å²) in [5.41, 5.74) is 0. The number of hydrogen-bond donors (Lipinski definition) is 2. The quantitative estimate of drug-likeness (QED) is 0.555. The van der Waals surface area contributed by atoms with Crippen LogP contribution in [0.1, 0.15) is 6.42 Å². The molecular formula is C7H14O4. The smallest absolute Gasteiger partial charge is 0.109 e.